The van der Waals surface area contributed by atoms with Crippen molar-refractivity contribution in [2.24, 2.45) is 5.73 Å². The third-order valence-corrected chi connectivity index (χ3v) is 2.72. The second-order valence-electron chi connectivity index (χ2n) is 3.81. The number of aryl methyl sites for hydroxylation is 2. The summed E-state index contributed by atoms with van der Waals surface area (Å²) >= 11 is 0. The number of hydrogen-bond acceptors (Lipinski definition) is 2. The molecule has 0 fully saturated rings. The predicted molar refractivity (Wildman–Crippen MR) is 58.4 cm³/mol. The Balaban J connectivity index is 3.06. The van der Waals surface area contributed by atoms with Gasteiger partial charge in [-0.15, -0.1) is 0 Å². The maximum atomic E-state index is 10.5. The number of nitrogens with two attached hydrogens (primary N) is 1. The van der Waals surface area contributed by atoms with Gasteiger partial charge in [-0.3, -0.25) is 0 Å². The van der Waals surface area contributed by atoms with E-state index in [-0.39, 0.29) is 6.04 Å². The van der Waals surface area contributed by atoms with Gasteiger partial charge in [-0.2, -0.15) is 0 Å². The van der Waals surface area contributed by atoms with Crippen LogP contribution in [0.1, 0.15) is 22.3 Å². The van der Waals surface area contributed by atoms with Crippen LogP contribution < -0.4 is 5.73 Å². The average Bonchev–Trinajstić information content (AvgIpc) is 2.18. The second-order valence-corrected chi connectivity index (χ2v) is 3.81. The standard InChI is InChI=1S/C12H17NO/c1-8-4-5-9(2)12(10(8)3)6-11(13)7-14/h4-5,7,11H,6,13H2,1-3H3/t11-/m0/s1. The Morgan fingerprint density at radius 1 is 1.29 bits per heavy atom. The van der Waals surface area contributed by atoms with Gasteiger partial charge in [0.2, 0.25) is 0 Å². The van der Waals surface area contributed by atoms with Crippen molar-refractivity contribution in [1.82, 2.24) is 0 Å². The summed E-state index contributed by atoms with van der Waals surface area (Å²) in [5.41, 5.74) is 10.6. The molecule has 0 saturated heterocycles. The lowest BCUT2D eigenvalue weighted by Gasteiger charge is -2.13. The molecule has 2 N–H and O–H groups in total. The minimum Gasteiger partial charge on any atom is -0.321 e. The number of benzene rings is 1. The molecule has 0 aromatic heterocycles. The van der Waals surface area contributed by atoms with Gasteiger partial charge in [-0.25, -0.2) is 0 Å². The Bertz CT molecular complexity index is 344. The van der Waals surface area contributed by atoms with Gasteiger partial charge in [0, 0.05) is 0 Å². The zero-order valence-corrected chi connectivity index (χ0v) is 9.00. The summed E-state index contributed by atoms with van der Waals surface area (Å²) in [5.74, 6) is 0. The molecule has 1 aromatic carbocycles. The molecule has 0 aliphatic heterocycles. The third-order valence-electron chi connectivity index (χ3n) is 2.72. The molecule has 0 radical (unpaired) electrons. The summed E-state index contributed by atoms with van der Waals surface area (Å²) in [6.45, 7) is 6.21. The molecule has 76 valence electrons. The molecule has 14 heavy (non-hydrogen) atoms. The van der Waals surface area contributed by atoms with Crippen LogP contribution in [0.25, 0.3) is 0 Å². The summed E-state index contributed by atoms with van der Waals surface area (Å²) in [4.78, 5) is 10.5. The van der Waals surface area contributed by atoms with Gasteiger partial charge >= 0.3 is 0 Å². The van der Waals surface area contributed by atoms with Crippen LogP contribution in [0.15, 0.2) is 12.1 Å². The largest absolute Gasteiger partial charge is 0.321 e. The van der Waals surface area contributed by atoms with Gasteiger partial charge in [-0.1, -0.05) is 12.1 Å². The highest BCUT2D eigenvalue weighted by Crippen LogP contribution is 2.18. The fourth-order valence-corrected chi connectivity index (χ4v) is 1.61. The number of aldehydes is 1. The van der Waals surface area contributed by atoms with E-state index < -0.39 is 0 Å². The highest BCUT2D eigenvalue weighted by molar-refractivity contribution is 5.58. The first-order valence-electron chi connectivity index (χ1n) is 4.82. The van der Waals surface area contributed by atoms with Crippen LogP contribution in [-0.4, -0.2) is 12.3 Å². The second kappa shape index (κ2) is 4.38. The van der Waals surface area contributed by atoms with Crippen molar-refractivity contribution >= 4 is 6.29 Å². The van der Waals surface area contributed by atoms with Crippen molar-refractivity contribution < 1.29 is 4.79 Å². The number of carbonyl (C=O) groups is 1. The predicted octanol–water partition coefficient (Wildman–Crippen LogP) is 1.68. The van der Waals surface area contributed by atoms with Gasteiger partial charge in [0.15, 0.2) is 0 Å². The topological polar surface area (TPSA) is 43.1 Å². The van der Waals surface area contributed by atoms with E-state index in [4.69, 9.17) is 5.73 Å². The molecule has 1 aromatic rings. The quantitative estimate of drug-likeness (QED) is 0.739. The van der Waals surface area contributed by atoms with Crippen molar-refractivity contribution in [3.63, 3.8) is 0 Å². The highest BCUT2D eigenvalue weighted by atomic mass is 16.1. The van der Waals surface area contributed by atoms with E-state index in [2.05, 4.69) is 32.9 Å². The van der Waals surface area contributed by atoms with Crippen molar-refractivity contribution in [2.75, 3.05) is 0 Å². The molecule has 1 atom stereocenters. The Kier molecular flexibility index (Phi) is 3.42. The molecule has 0 heterocycles. The summed E-state index contributed by atoms with van der Waals surface area (Å²) in [7, 11) is 0. The molecule has 0 amide bonds. The van der Waals surface area contributed by atoms with Crippen LogP contribution in [-0.2, 0) is 11.2 Å². The van der Waals surface area contributed by atoms with Crippen molar-refractivity contribution in [3.8, 4) is 0 Å². The zero-order valence-electron chi connectivity index (χ0n) is 9.00. The van der Waals surface area contributed by atoms with E-state index in [1.165, 1.54) is 22.3 Å². The highest BCUT2D eigenvalue weighted by Gasteiger charge is 2.08. The van der Waals surface area contributed by atoms with Crippen LogP contribution in [0.2, 0.25) is 0 Å². The summed E-state index contributed by atoms with van der Waals surface area (Å²) in [6.07, 6.45) is 1.45. The normalized spacial score (nSPS) is 12.6. The molecule has 2 heteroatoms. The monoisotopic (exact) mass is 191 g/mol. The lowest BCUT2D eigenvalue weighted by Crippen LogP contribution is -2.25. The van der Waals surface area contributed by atoms with Gasteiger partial charge < -0.3 is 10.5 Å². The van der Waals surface area contributed by atoms with Gasteiger partial charge in [-0.05, 0) is 49.4 Å². The smallest absolute Gasteiger partial charge is 0.137 e. The average molecular weight is 191 g/mol. The van der Waals surface area contributed by atoms with Crippen molar-refractivity contribution in [3.05, 3.63) is 34.4 Å². The van der Waals surface area contributed by atoms with Crippen LogP contribution in [0, 0.1) is 20.8 Å². The Morgan fingerprint density at radius 2 is 1.86 bits per heavy atom. The number of hydrogen-bond donors (Lipinski definition) is 1. The Hall–Kier alpha value is -1.15. The molecular formula is C12H17NO. The molecule has 0 aliphatic rings. The van der Waals surface area contributed by atoms with Crippen LogP contribution in [0.5, 0.6) is 0 Å². The van der Waals surface area contributed by atoms with E-state index in [0.29, 0.717) is 6.42 Å². The molecule has 2 nitrogen and oxygen atoms in total. The third kappa shape index (κ3) is 2.20. The summed E-state index contributed by atoms with van der Waals surface area (Å²) in [6, 6.07) is 3.80. The van der Waals surface area contributed by atoms with E-state index in [1.807, 2.05) is 0 Å². The van der Waals surface area contributed by atoms with Crippen LogP contribution in [0.4, 0.5) is 0 Å². The van der Waals surface area contributed by atoms with E-state index >= 15 is 0 Å². The van der Waals surface area contributed by atoms with E-state index in [0.717, 1.165) is 6.29 Å². The first kappa shape index (κ1) is 10.9. The first-order valence-corrected chi connectivity index (χ1v) is 4.82. The molecule has 1 rings (SSSR count). The lowest BCUT2D eigenvalue weighted by molar-refractivity contribution is -0.108. The van der Waals surface area contributed by atoms with E-state index in [9.17, 15) is 4.79 Å². The van der Waals surface area contributed by atoms with Crippen LogP contribution >= 0.6 is 0 Å². The molecule has 0 unspecified atom stereocenters. The maximum absolute atomic E-state index is 10.5. The molecule has 0 bridgehead atoms. The van der Waals surface area contributed by atoms with Crippen molar-refractivity contribution in [2.45, 2.75) is 33.2 Å². The van der Waals surface area contributed by atoms with Gasteiger partial charge in [0.25, 0.3) is 0 Å². The fourth-order valence-electron chi connectivity index (χ4n) is 1.61. The molecule has 0 saturated carbocycles. The number of carbonyl (C=O) groups excluding carboxylic acids is 1. The molecule has 0 spiro atoms. The van der Waals surface area contributed by atoms with Gasteiger partial charge in [0.1, 0.15) is 6.29 Å². The Labute approximate surface area is 85.1 Å². The zero-order chi connectivity index (χ0) is 10.7. The maximum Gasteiger partial charge on any atom is 0.137 e. The SMILES string of the molecule is Cc1ccc(C)c(C[C@H](N)C=O)c1C. The van der Waals surface area contributed by atoms with Gasteiger partial charge in [0.05, 0.1) is 6.04 Å². The minimum absolute atomic E-state index is 0.380. The number of rotatable bonds is 3. The summed E-state index contributed by atoms with van der Waals surface area (Å²) < 4.78 is 0. The minimum atomic E-state index is -0.380. The van der Waals surface area contributed by atoms with Crippen molar-refractivity contribution in [1.29, 1.82) is 0 Å². The fraction of sp³-hybridized carbons (Fsp3) is 0.417. The molecular weight excluding hydrogens is 174 g/mol. The Morgan fingerprint density at radius 3 is 2.43 bits per heavy atom. The van der Waals surface area contributed by atoms with Crippen LogP contribution in [0.3, 0.4) is 0 Å². The lowest BCUT2D eigenvalue weighted by atomic mass is 9.94. The molecule has 0 aliphatic carbocycles. The first-order chi connectivity index (χ1) is 6.56. The summed E-state index contributed by atoms with van der Waals surface area (Å²) in [5, 5.41) is 0. The van der Waals surface area contributed by atoms with E-state index in [1.54, 1.807) is 0 Å².